The van der Waals surface area contributed by atoms with Gasteiger partial charge in [-0.05, 0) is 43.2 Å². The van der Waals surface area contributed by atoms with Crippen LogP contribution >= 0.6 is 0 Å². The Morgan fingerprint density at radius 2 is 1.81 bits per heavy atom. The summed E-state index contributed by atoms with van der Waals surface area (Å²) in [6.07, 6.45) is 3.56. The monoisotopic (exact) mass is 446 g/mol. The number of sulfonamides is 1. The van der Waals surface area contributed by atoms with E-state index in [4.69, 9.17) is 9.47 Å². The molecule has 1 aliphatic heterocycles. The van der Waals surface area contributed by atoms with Crippen LogP contribution in [-0.2, 0) is 14.8 Å². The first-order chi connectivity index (χ1) is 14.7. The summed E-state index contributed by atoms with van der Waals surface area (Å²) >= 11 is 0. The summed E-state index contributed by atoms with van der Waals surface area (Å²) in [6, 6.07) is 14.2. The molecule has 0 aliphatic carbocycles. The number of hydrogen-bond donors (Lipinski definition) is 1. The van der Waals surface area contributed by atoms with Crippen molar-refractivity contribution in [2.24, 2.45) is 0 Å². The predicted molar refractivity (Wildman–Crippen MR) is 121 cm³/mol. The van der Waals surface area contributed by atoms with Gasteiger partial charge in [0.15, 0.2) is 6.61 Å². The van der Waals surface area contributed by atoms with Gasteiger partial charge in [0.1, 0.15) is 17.1 Å². The van der Waals surface area contributed by atoms with Crippen LogP contribution in [0.25, 0.3) is 0 Å². The number of amides is 1. The number of para-hydroxylation sites is 1. The first-order valence-electron chi connectivity index (χ1n) is 10.4. The fourth-order valence-electron chi connectivity index (χ4n) is 3.76. The highest BCUT2D eigenvalue weighted by atomic mass is 32.2. The SMILES string of the molecule is CCC1(CC)CC(NC(=O)COc2ccc(N(C)S(C)(=O)=O)cc2)c2ccccc2O1. The van der Waals surface area contributed by atoms with E-state index in [1.54, 1.807) is 24.3 Å². The second-order valence-electron chi connectivity index (χ2n) is 7.87. The molecule has 3 rings (SSSR count). The van der Waals surface area contributed by atoms with Gasteiger partial charge in [-0.1, -0.05) is 32.0 Å². The molecule has 0 bridgehead atoms. The van der Waals surface area contributed by atoms with Gasteiger partial charge in [-0.25, -0.2) is 8.42 Å². The highest BCUT2D eigenvalue weighted by Crippen LogP contribution is 2.42. The average molecular weight is 447 g/mol. The number of benzene rings is 2. The van der Waals surface area contributed by atoms with Crippen molar-refractivity contribution in [3.63, 3.8) is 0 Å². The number of nitrogens with zero attached hydrogens (tertiary/aromatic N) is 1. The first-order valence-corrected chi connectivity index (χ1v) is 12.3. The third-order valence-electron chi connectivity index (χ3n) is 5.89. The summed E-state index contributed by atoms with van der Waals surface area (Å²) in [4.78, 5) is 12.6. The standard InChI is InChI=1S/C23H30N2O5S/c1-5-23(6-2)15-20(19-9-7-8-10-21(19)30-23)24-22(26)16-29-18-13-11-17(12-14-18)25(3)31(4,27)28/h7-14,20H,5-6,15-16H2,1-4H3,(H,24,26). The zero-order valence-corrected chi connectivity index (χ0v) is 19.2. The number of anilines is 1. The minimum atomic E-state index is -3.33. The van der Waals surface area contributed by atoms with Crippen LogP contribution in [0.5, 0.6) is 11.5 Å². The molecule has 1 heterocycles. The molecule has 1 unspecified atom stereocenters. The Balaban J connectivity index is 1.64. The molecular weight excluding hydrogens is 416 g/mol. The van der Waals surface area contributed by atoms with Crippen LogP contribution in [0, 0.1) is 0 Å². The van der Waals surface area contributed by atoms with Crippen molar-refractivity contribution < 1.29 is 22.7 Å². The predicted octanol–water partition coefficient (Wildman–Crippen LogP) is 3.66. The number of ether oxygens (including phenoxy) is 2. The van der Waals surface area contributed by atoms with E-state index in [2.05, 4.69) is 19.2 Å². The minimum Gasteiger partial charge on any atom is -0.487 e. The van der Waals surface area contributed by atoms with Crippen LogP contribution in [0.15, 0.2) is 48.5 Å². The second-order valence-corrected chi connectivity index (χ2v) is 9.88. The molecule has 1 aliphatic rings. The van der Waals surface area contributed by atoms with E-state index in [0.29, 0.717) is 17.9 Å². The Hall–Kier alpha value is -2.74. The van der Waals surface area contributed by atoms with Crippen molar-refractivity contribution in [1.29, 1.82) is 0 Å². The highest BCUT2D eigenvalue weighted by Gasteiger charge is 2.38. The van der Waals surface area contributed by atoms with Gasteiger partial charge in [0.2, 0.25) is 10.0 Å². The van der Waals surface area contributed by atoms with Crippen LogP contribution in [0.3, 0.4) is 0 Å². The number of rotatable bonds is 8. The Labute approximate surface area is 184 Å². The van der Waals surface area contributed by atoms with Gasteiger partial charge < -0.3 is 14.8 Å². The van der Waals surface area contributed by atoms with E-state index in [9.17, 15) is 13.2 Å². The van der Waals surface area contributed by atoms with Gasteiger partial charge in [0.25, 0.3) is 5.91 Å². The molecule has 0 radical (unpaired) electrons. The van der Waals surface area contributed by atoms with Crippen molar-refractivity contribution >= 4 is 21.6 Å². The molecule has 7 nitrogen and oxygen atoms in total. The molecule has 8 heteroatoms. The molecule has 0 saturated heterocycles. The van der Waals surface area contributed by atoms with Crippen molar-refractivity contribution in [2.75, 3.05) is 24.2 Å². The zero-order valence-electron chi connectivity index (χ0n) is 18.4. The van der Waals surface area contributed by atoms with Gasteiger partial charge >= 0.3 is 0 Å². The van der Waals surface area contributed by atoms with Crippen LogP contribution in [0.1, 0.15) is 44.7 Å². The van der Waals surface area contributed by atoms with E-state index in [1.807, 2.05) is 24.3 Å². The van der Waals surface area contributed by atoms with Gasteiger partial charge in [0, 0.05) is 19.0 Å². The zero-order chi connectivity index (χ0) is 22.6. The lowest BCUT2D eigenvalue weighted by Crippen LogP contribution is -2.45. The normalized spacial score (nSPS) is 17.2. The summed E-state index contributed by atoms with van der Waals surface area (Å²) in [5.41, 5.74) is 1.20. The molecule has 0 fully saturated rings. The van der Waals surface area contributed by atoms with Crippen LogP contribution < -0.4 is 19.1 Å². The molecule has 2 aromatic rings. The molecule has 0 saturated carbocycles. The number of nitrogens with one attached hydrogen (secondary N) is 1. The number of fused-ring (bicyclic) bond motifs is 1. The third-order valence-corrected chi connectivity index (χ3v) is 7.09. The van der Waals surface area contributed by atoms with Crippen molar-refractivity contribution in [2.45, 2.75) is 44.8 Å². The van der Waals surface area contributed by atoms with E-state index >= 15 is 0 Å². The number of hydrogen-bond acceptors (Lipinski definition) is 5. The van der Waals surface area contributed by atoms with E-state index in [0.717, 1.165) is 30.4 Å². The maximum atomic E-state index is 12.6. The third kappa shape index (κ3) is 5.31. The first kappa shape index (κ1) is 22.9. The Bertz CT molecular complexity index is 1020. The molecule has 0 aromatic heterocycles. The molecular formula is C23H30N2O5S. The Morgan fingerprint density at radius 1 is 1.16 bits per heavy atom. The molecule has 0 spiro atoms. The summed E-state index contributed by atoms with van der Waals surface area (Å²) in [5, 5.41) is 3.09. The van der Waals surface area contributed by atoms with Crippen LogP contribution in [-0.4, -0.2) is 39.8 Å². The average Bonchev–Trinajstić information content (AvgIpc) is 2.76. The lowest BCUT2D eigenvalue weighted by molar-refractivity contribution is -0.124. The van der Waals surface area contributed by atoms with Gasteiger partial charge in [-0.15, -0.1) is 0 Å². The Kier molecular flexibility index (Phi) is 6.79. The maximum absolute atomic E-state index is 12.6. The molecule has 31 heavy (non-hydrogen) atoms. The molecule has 2 aromatic carbocycles. The molecule has 1 N–H and O–H groups in total. The van der Waals surface area contributed by atoms with Gasteiger partial charge in [0.05, 0.1) is 18.0 Å². The minimum absolute atomic E-state index is 0.133. The van der Waals surface area contributed by atoms with Crippen molar-refractivity contribution in [1.82, 2.24) is 5.32 Å². The van der Waals surface area contributed by atoms with Crippen LogP contribution in [0.4, 0.5) is 5.69 Å². The summed E-state index contributed by atoms with van der Waals surface area (Å²) in [7, 11) is -1.85. The highest BCUT2D eigenvalue weighted by molar-refractivity contribution is 7.92. The number of carbonyl (C=O) groups is 1. The fourth-order valence-corrected chi connectivity index (χ4v) is 4.26. The maximum Gasteiger partial charge on any atom is 0.258 e. The molecule has 168 valence electrons. The number of carbonyl (C=O) groups excluding carboxylic acids is 1. The van der Waals surface area contributed by atoms with E-state index in [1.165, 1.54) is 11.4 Å². The van der Waals surface area contributed by atoms with Gasteiger partial charge in [-0.3, -0.25) is 9.10 Å². The Morgan fingerprint density at radius 3 is 2.42 bits per heavy atom. The quantitative estimate of drug-likeness (QED) is 0.669. The lowest BCUT2D eigenvalue weighted by Gasteiger charge is -2.41. The largest absolute Gasteiger partial charge is 0.487 e. The molecule has 1 amide bonds. The summed E-state index contributed by atoms with van der Waals surface area (Å²) in [5.74, 6) is 1.08. The van der Waals surface area contributed by atoms with E-state index < -0.39 is 10.0 Å². The van der Waals surface area contributed by atoms with Crippen molar-refractivity contribution in [3.8, 4) is 11.5 Å². The van der Waals surface area contributed by atoms with Crippen molar-refractivity contribution in [3.05, 3.63) is 54.1 Å². The van der Waals surface area contributed by atoms with Crippen LogP contribution in [0.2, 0.25) is 0 Å². The second kappa shape index (κ2) is 9.18. The summed E-state index contributed by atoms with van der Waals surface area (Å²) in [6.45, 7) is 4.07. The fraction of sp³-hybridized carbons (Fsp3) is 0.435. The molecule has 1 atom stereocenters. The van der Waals surface area contributed by atoms with Gasteiger partial charge in [-0.2, -0.15) is 0 Å². The topological polar surface area (TPSA) is 84.9 Å². The summed E-state index contributed by atoms with van der Waals surface area (Å²) < 4.78 is 36.3. The lowest BCUT2D eigenvalue weighted by atomic mass is 9.83. The van der Waals surface area contributed by atoms with E-state index in [-0.39, 0.29) is 24.2 Å². The smallest absolute Gasteiger partial charge is 0.258 e.